The third-order valence-corrected chi connectivity index (χ3v) is 5.15. The average Bonchev–Trinajstić information content (AvgIpc) is 3.24. The van der Waals surface area contributed by atoms with Gasteiger partial charge >= 0.3 is 0 Å². The Morgan fingerprint density at radius 1 is 1.24 bits per heavy atom. The van der Waals surface area contributed by atoms with E-state index in [1.807, 2.05) is 24.4 Å². The van der Waals surface area contributed by atoms with Gasteiger partial charge in [0.05, 0.1) is 23.4 Å². The quantitative estimate of drug-likeness (QED) is 0.601. The van der Waals surface area contributed by atoms with Crippen molar-refractivity contribution in [2.75, 3.05) is 5.32 Å². The van der Waals surface area contributed by atoms with E-state index in [4.69, 9.17) is 5.26 Å². The van der Waals surface area contributed by atoms with E-state index in [1.54, 1.807) is 36.4 Å². The first-order valence-corrected chi connectivity index (χ1v) is 9.68. The van der Waals surface area contributed by atoms with Gasteiger partial charge in [-0.15, -0.1) is 11.3 Å². The number of aromatic nitrogens is 1. The van der Waals surface area contributed by atoms with Crippen molar-refractivity contribution in [3.63, 3.8) is 0 Å². The van der Waals surface area contributed by atoms with Crippen molar-refractivity contribution >= 4 is 28.8 Å². The summed E-state index contributed by atoms with van der Waals surface area (Å²) in [7, 11) is 0. The van der Waals surface area contributed by atoms with Crippen LogP contribution in [0, 0.1) is 11.3 Å². The molecule has 1 aromatic heterocycles. The zero-order valence-corrected chi connectivity index (χ0v) is 16.5. The summed E-state index contributed by atoms with van der Waals surface area (Å²) >= 11 is 1.46. The summed E-state index contributed by atoms with van der Waals surface area (Å²) in [5, 5.41) is 17.1. The molecule has 3 aromatic rings. The number of hydrogen-bond acceptors (Lipinski definition) is 5. The van der Waals surface area contributed by atoms with E-state index in [2.05, 4.69) is 28.3 Å². The van der Waals surface area contributed by atoms with E-state index < -0.39 is 0 Å². The number of amides is 2. The third-order valence-electron chi connectivity index (χ3n) is 4.13. The maximum atomic E-state index is 12.6. The minimum atomic E-state index is -0.339. The van der Waals surface area contributed by atoms with E-state index in [1.165, 1.54) is 17.4 Å². The van der Waals surface area contributed by atoms with Crippen LogP contribution in [0.4, 0.5) is 5.69 Å². The Balaban J connectivity index is 1.69. The van der Waals surface area contributed by atoms with Crippen LogP contribution in [0.25, 0.3) is 11.3 Å². The number of rotatable bonds is 6. The van der Waals surface area contributed by atoms with Crippen molar-refractivity contribution < 1.29 is 9.59 Å². The number of nitriles is 1. The van der Waals surface area contributed by atoms with Crippen LogP contribution in [0.1, 0.15) is 33.9 Å². The van der Waals surface area contributed by atoms with Crippen LogP contribution in [0.15, 0.2) is 66.6 Å². The van der Waals surface area contributed by atoms with Gasteiger partial charge < -0.3 is 10.6 Å². The molecule has 0 aliphatic heterocycles. The second-order valence-corrected chi connectivity index (χ2v) is 7.12. The Morgan fingerprint density at radius 2 is 2.00 bits per heavy atom. The van der Waals surface area contributed by atoms with E-state index >= 15 is 0 Å². The van der Waals surface area contributed by atoms with Crippen LogP contribution in [0.3, 0.4) is 0 Å². The minimum absolute atomic E-state index is 0.262. The maximum absolute atomic E-state index is 12.6. The first-order chi connectivity index (χ1) is 14.0. The summed E-state index contributed by atoms with van der Waals surface area (Å²) in [5.74, 6) is -0.601. The number of thiazole rings is 1. The van der Waals surface area contributed by atoms with Gasteiger partial charge in [0.1, 0.15) is 5.01 Å². The summed E-state index contributed by atoms with van der Waals surface area (Å²) in [5.41, 5.74) is 3.26. The topological polar surface area (TPSA) is 94.9 Å². The van der Waals surface area contributed by atoms with Crippen molar-refractivity contribution in [3.8, 4) is 17.3 Å². The third kappa shape index (κ3) is 4.94. The Morgan fingerprint density at radius 3 is 2.69 bits per heavy atom. The largest absolute Gasteiger partial charge is 0.343 e. The van der Waals surface area contributed by atoms with Gasteiger partial charge in [0.15, 0.2) is 0 Å². The monoisotopic (exact) mass is 402 g/mol. The average molecular weight is 402 g/mol. The number of carbonyl (C=O) groups is 2. The molecule has 2 N–H and O–H groups in total. The lowest BCUT2D eigenvalue weighted by molar-refractivity contribution is -0.111. The van der Waals surface area contributed by atoms with Gasteiger partial charge in [0, 0.05) is 22.2 Å². The van der Waals surface area contributed by atoms with Crippen molar-refractivity contribution in [2.45, 2.75) is 13.0 Å². The van der Waals surface area contributed by atoms with Crippen LogP contribution in [-0.4, -0.2) is 16.8 Å². The second-order valence-electron chi connectivity index (χ2n) is 6.23. The first kappa shape index (κ1) is 20.0. The van der Waals surface area contributed by atoms with E-state index in [-0.39, 0.29) is 17.9 Å². The first-order valence-electron chi connectivity index (χ1n) is 8.80. The zero-order chi connectivity index (χ0) is 20.8. The fourth-order valence-corrected chi connectivity index (χ4v) is 3.44. The standard InChI is InChI=1S/C22H18N4O2S/c1-3-20(27)25-18-6-4-5-17(11-18)21(28)24-14(2)22-26-19(13-29-22)16-9-7-15(12-23)8-10-16/h3-11,13-14H,1H2,2H3,(H,24,28)(H,25,27). The van der Waals surface area contributed by atoms with Crippen LogP contribution >= 0.6 is 11.3 Å². The SMILES string of the molecule is C=CC(=O)Nc1cccc(C(=O)NC(C)c2nc(-c3ccc(C#N)cc3)cs2)c1. The fraction of sp³-hybridized carbons (Fsp3) is 0.0909. The number of carbonyl (C=O) groups excluding carboxylic acids is 2. The van der Waals surface area contributed by atoms with Crippen molar-refractivity contribution in [2.24, 2.45) is 0 Å². The van der Waals surface area contributed by atoms with Crippen molar-refractivity contribution in [3.05, 3.63) is 82.7 Å². The predicted octanol–water partition coefficient (Wildman–Crippen LogP) is 4.30. The molecule has 0 bridgehead atoms. The molecule has 0 spiro atoms. The molecule has 0 fully saturated rings. The molecular formula is C22H18N4O2S. The van der Waals surface area contributed by atoms with E-state index in [0.717, 1.165) is 16.3 Å². The molecule has 0 saturated carbocycles. The van der Waals surface area contributed by atoms with Gasteiger partial charge in [-0.2, -0.15) is 5.26 Å². The number of hydrogen-bond donors (Lipinski definition) is 2. The summed E-state index contributed by atoms with van der Waals surface area (Å²) in [6, 6.07) is 15.7. The lowest BCUT2D eigenvalue weighted by Gasteiger charge is -2.12. The maximum Gasteiger partial charge on any atom is 0.251 e. The van der Waals surface area contributed by atoms with Crippen LogP contribution in [-0.2, 0) is 4.79 Å². The van der Waals surface area contributed by atoms with E-state index in [0.29, 0.717) is 16.8 Å². The zero-order valence-electron chi connectivity index (χ0n) is 15.7. The highest BCUT2D eigenvalue weighted by atomic mass is 32.1. The molecular weight excluding hydrogens is 384 g/mol. The molecule has 0 saturated heterocycles. The second kappa shape index (κ2) is 8.95. The molecule has 0 aliphatic rings. The Labute approximate surface area is 172 Å². The molecule has 3 rings (SSSR count). The van der Waals surface area contributed by atoms with Crippen LogP contribution in [0.5, 0.6) is 0 Å². The molecule has 1 unspecified atom stereocenters. The molecule has 144 valence electrons. The van der Waals surface area contributed by atoms with E-state index in [9.17, 15) is 9.59 Å². The number of benzene rings is 2. The lowest BCUT2D eigenvalue weighted by Crippen LogP contribution is -2.26. The Hall–Kier alpha value is -3.76. The summed E-state index contributed by atoms with van der Waals surface area (Å²) in [6.45, 7) is 5.27. The summed E-state index contributed by atoms with van der Waals surface area (Å²) in [6.07, 6.45) is 1.17. The lowest BCUT2D eigenvalue weighted by atomic mass is 10.1. The highest BCUT2D eigenvalue weighted by molar-refractivity contribution is 7.10. The molecule has 6 nitrogen and oxygen atoms in total. The molecule has 29 heavy (non-hydrogen) atoms. The van der Waals surface area contributed by atoms with Crippen LogP contribution in [0.2, 0.25) is 0 Å². The molecule has 2 aromatic carbocycles. The molecule has 2 amide bonds. The summed E-state index contributed by atoms with van der Waals surface area (Å²) < 4.78 is 0. The highest BCUT2D eigenvalue weighted by Gasteiger charge is 2.16. The molecule has 0 aliphatic carbocycles. The van der Waals surface area contributed by atoms with Gasteiger partial charge in [-0.05, 0) is 43.3 Å². The van der Waals surface area contributed by atoms with Gasteiger partial charge in [0.25, 0.3) is 5.91 Å². The normalized spacial score (nSPS) is 11.2. The Bertz CT molecular complexity index is 1100. The molecule has 1 atom stereocenters. The summed E-state index contributed by atoms with van der Waals surface area (Å²) in [4.78, 5) is 28.6. The van der Waals surface area contributed by atoms with Gasteiger partial charge in [0.2, 0.25) is 5.91 Å². The number of nitrogens with zero attached hydrogens (tertiary/aromatic N) is 2. The highest BCUT2D eigenvalue weighted by Crippen LogP contribution is 2.26. The molecule has 7 heteroatoms. The van der Waals surface area contributed by atoms with Crippen molar-refractivity contribution in [1.82, 2.24) is 10.3 Å². The predicted molar refractivity (Wildman–Crippen MR) is 113 cm³/mol. The van der Waals surface area contributed by atoms with Gasteiger partial charge in [-0.3, -0.25) is 9.59 Å². The van der Waals surface area contributed by atoms with Gasteiger partial charge in [-0.25, -0.2) is 4.98 Å². The van der Waals surface area contributed by atoms with Crippen LogP contribution < -0.4 is 10.6 Å². The fourth-order valence-electron chi connectivity index (χ4n) is 2.61. The number of nitrogens with one attached hydrogen (secondary N) is 2. The van der Waals surface area contributed by atoms with Gasteiger partial charge in [-0.1, -0.05) is 24.8 Å². The number of anilines is 1. The molecule has 0 radical (unpaired) electrons. The minimum Gasteiger partial charge on any atom is -0.343 e. The Kier molecular flexibility index (Phi) is 6.17. The smallest absolute Gasteiger partial charge is 0.251 e. The molecule has 1 heterocycles. The van der Waals surface area contributed by atoms with Crippen molar-refractivity contribution in [1.29, 1.82) is 5.26 Å².